The van der Waals surface area contributed by atoms with Gasteiger partial charge in [0.1, 0.15) is 19.8 Å². The van der Waals surface area contributed by atoms with Crippen molar-refractivity contribution in [2.75, 3.05) is 47.5 Å². The second-order valence-corrected chi connectivity index (χ2v) is 16.8. The molecule has 0 aromatic carbocycles. The average molecular weight is 758 g/mol. The van der Waals surface area contributed by atoms with Crippen molar-refractivity contribution in [3.05, 3.63) is 24.3 Å². The molecule has 0 aliphatic rings. The van der Waals surface area contributed by atoms with Crippen molar-refractivity contribution >= 4 is 19.8 Å². The first kappa shape index (κ1) is 50.5. The normalized spacial score (nSPS) is 13.9. The van der Waals surface area contributed by atoms with Gasteiger partial charge in [0.05, 0.1) is 27.7 Å². The predicted octanol–water partition coefficient (Wildman–Crippen LogP) is 10.9. The van der Waals surface area contributed by atoms with Gasteiger partial charge in [-0.1, -0.05) is 173 Å². The summed E-state index contributed by atoms with van der Waals surface area (Å²) in [5, 5.41) is 0. The van der Waals surface area contributed by atoms with Crippen LogP contribution in [-0.2, 0) is 32.7 Å². The number of quaternary nitrogens is 1. The molecule has 0 heterocycles. The molecular formula is C42H80NO8P. The molecule has 0 bridgehead atoms. The highest BCUT2D eigenvalue weighted by Gasteiger charge is 2.21. The van der Waals surface area contributed by atoms with Crippen LogP contribution in [0.1, 0.15) is 181 Å². The zero-order valence-electron chi connectivity index (χ0n) is 34.3. The Morgan fingerprint density at radius 3 is 1.58 bits per heavy atom. The van der Waals surface area contributed by atoms with E-state index in [2.05, 4.69) is 13.8 Å². The van der Waals surface area contributed by atoms with Crippen molar-refractivity contribution in [1.29, 1.82) is 0 Å². The first-order valence-corrected chi connectivity index (χ1v) is 22.5. The summed E-state index contributed by atoms with van der Waals surface area (Å²) in [6, 6.07) is 0. The molecule has 0 rings (SSSR count). The van der Waals surface area contributed by atoms with E-state index in [0.717, 1.165) is 32.1 Å². The van der Waals surface area contributed by atoms with Gasteiger partial charge in [0.15, 0.2) is 6.10 Å². The Morgan fingerprint density at radius 2 is 1.10 bits per heavy atom. The fraction of sp³-hybridized carbons (Fsp3) is 0.857. The van der Waals surface area contributed by atoms with Crippen molar-refractivity contribution in [3.63, 3.8) is 0 Å². The number of carbonyl (C=O) groups is 2. The van der Waals surface area contributed by atoms with Crippen molar-refractivity contribution in [2.45, 2.75) is 187 Å². The van der Waals surface area contributed by atoms with E-state index in [9.17, 15) is 19.0 Å². The summed E-state index contributed by atoms with van der Waals surface area (Å²) in [6.45, 7) is 4.10. The van der Waals surface area contributed by atoms with Crippen LogP contribution < -0.4 is 4.89 Å². The third-order valence-corrected chi connectivity index (χ3v) is 10.0. The molecule has 52 heavy (non-hydrogen) atoms. The lowest BCUT2D eigenvalue weighted by atomic mass is 10.0. The van der Waals surface area contributed by atoms with Gasteiger partial charge in [-0.15, -0.1) is 0 Å². The largest absolute Gasteiger partial charge is 0.756 e. The SMILES string of the molecule is CCCCCCCCCCCCC/C=C/C=C/C(=O)OC[C@H](COP(=O)([O-])OCC[N+](C)(C)C)OC(=O)CCCCCCCCCCCCCCC. The van der Waals surface area contributed by atoms with Gasteiger partial charge in [0, 0.05) is 12.5 Å². The summed E-state index contributed by atoms with van der Waals surface area (Å²) in [6.07, 6.45) is 36.9. The van der Waals surface area contributed by atoms with E-state index in [1.165, 1.54) is 128 Å². The number of rotatable bonds is 38. The Labute approximate surface area is 319 Å². The maximum atomic E-state index is 12.6. The molecule has 0 aliphatic carbocycles. The maximum Gasteiger partial charge on any atom is 0.330 e. The predicted molar refractivity (Wildman–Crippen MR) is 213 cm³/mol. The van der Waals surface area contributed by atoms with E-state index in [4.69, 9.17) is 18.5 Å². The smallest absolute Gasteiger partial charge is 0.330 e. The number of likely N-dealkylation sites (N-methyl/N-ethyl adjacent to an activating group) is 1. The van der Waals surface area contributed by atoms with Crippen LogP contribution in [0.25, 0.3) is 0 Å². The van der Waals surface area contributed by atoms with Crippen LogP contribution in [0.4, 0.5) is 0 Å². The average Bonchev–Trinajstić information content (AvgIpc) is 3.09. The monoisotopic (exact) mass is 758 g/mol. The highest BCUT2D eigenvalue weighted by Crippen LogP contribution is 2.38. The lowest BCUT2D eigenvalue weighted by Crippen LogP contribution is -2.37. The van der Waals surface area contributed by atoms with Crippen molar-refractivity contribution in [3.8, 4) is 0 Å². The van der Waals surface area contributed by atoms with Crippen LogP contribution in [0.15, 0.2) is 24.3 Å². The first-order chi connectivity index (χ1) is 25.0. The Morgan fingerprint density at radius 1 is 0.635 bits per heavy atom. The number of nitrogens with zero attached hydrogens (tertiary/aromatic N) is 1. The molecule has 0 aromatic heterocycles. The minimum absolute atomic E-state index is 0.0413. The number of hydrogen-bond donors (Lipinski definition) is 0. The second kappa shape index (κ2) is 35.2. The third kappa shape index (κ3) is 38.2. The number of hydrogen-bond acceptors (Lipinski definition) is 8. The minimum atomic E-state index is -4.64. The molecule has 306 valence electrons. The van der Waals surface area contributed by atoms with Crippen LogP contribution in [0.5, 0.6) is 0 Å². The van der Waals surface area contributed by atoms with Crippen LogP contribution in [0, 0.1) is 0 Å². The fourth-order valence-corrected chi connectivity index (χ4v) is 6.47. The quantitative estimate of drug-likeness (QED) is 0.0153. The Bertz CT molecular complexity index is 949. The molecule has 0 fully saturated rings. The van der Waals surface area contributed by atoms with Gasteiger partial charge in [-0.05, 0) is 19.3 Å². The summed E-state index contributed by atoms with van der Waals surface area (Å²) in [4.78, 5) is 37.3. The molecule has 10 heteroatoms. The molecule has 0 amide bonds. The molecular weight excluding hydrogens is 677 g/mol. The first-order valence-electron chi connectivity index (χ1n) is 21.1. The highest BCUT2D eigenvalue weighted by atomic mass is 31.2. The number of ether oxygens (including phenoxy) is 2. The molecule has 0 saturated heterocycles. The van der Waals surface area contributed by atoms with E-state index in [1.807, 2.05) is 33.3 Å². The Kier molecular flexibility index (Phi) is 34.2. The topological polar surface area (TPSA) is 111 Å². The van der Waals surface area contributed by atoms with Gasteiger partial charge in [0.25, 0.3) is 7.82 Å². The zero-order chi connectivity index (χ0) is 38.6. The Hall–Kier alpha value is -1.51. The van der Waals surface area contributed by atoms with Gasteiger partial charge >= 0.3 is 11.9 Å². The number of carbonyl (C=O) groups excluding carboxylic acids is 2. The minimum Gasteiger partial charge on any atom is -0.756 e. The summed E-state index contributed by atoms with van der Waals surface area (Å²) in [5.74, 6) is -1.08. The van der Waals surface area contributed by atoms with E-state index in [0.29, 0.717) is 17.4 Å². The summed E-state index contributed by atoms with van der Waals surface area (Å²) < 4.78 is 33.6. The van der Waals surface area contributed by atoms with Crippen LogP contribution in [-0.4, -0.2) is 70.0 Å². The number of phosphoric acid groups is 1. The number of allylic oxidation sites excluding steroid dienone is 3. The van der Waals surface area contributed by atoms with Gasteiger partial charge in [-0.25, -0.2) is 4.79 Å². The number of esters is 2. The van der Waals surface area contributed by atoms with Gasteiger partial charge < -0.3 is 27.9 Å². The van der Waals surface area contributed by atoms with Crippen LogP contribution >= 0.6 is 7.82 Å². The number of unbranched alkanes of at least 4 members (excludes halogenated alkanes) is 23. The molecule has 9 nitrogen and oxygen atoms in total. The molecule has 0 radical (unpaired) electrons. The van der Waals surface area contributed by atoms with Crippen molar-refractivity contribution in [1.82, 2.24) is 0 Å². The highest BCUT2D eigenvalue weighted by molar-refractivity contribution is 7.45. The molecule has 0 saturated carbocycles. The molecule has 0 spiro atoms. The Balaban J connectivity index is 4.47. The van der Waals surface area contributed by atoms with E-state index >= 15 is 0 Å². The van der Waals surface area contributed by atoms with Gasteiger partial charge in [0.2, 0.25) is 0 Å². The van der Waals surface area contributed by atoms with Crippen LogP contribution in [0.3, 0.4) is 0 Å². The standard InChI is InChI=1S/C42H80NO8P/c1-6-8-10-12-14-16-18-20-21-23-24-26-28-30-32-34-41(44)48-38-40(39-50-52(46,47)49-37-36-43(3,4)5)51-42(45)35-33-31-29-27-25-22-19-17-15-13-11-9-7-2/h28,30,32,34,40H,6-27,29,31,33,35-39H2,1-5H3/b30-28+,34-32+/t40-/m1/s1. The maximum absolute atomic E-state index is 12.6. The zero-order valence-corrected chi connectivity index (χ0v) is 35.2. The third-order valence-electron chi connectivity index (χ3n) is 9.08. The van der Waals surface area contributed by atoms with Crippen molar-refractivity contribution < 1.29 is 42.1 Å². The number of phosphoric ester groups is 1. The molecule has 0 N–H and O–H groups in total. The van der Waals surface area contributed by atoms with Gasteiger partial charge in [-0.2, -0.15) is 0 Å². The molecule has 2 atom stereocenters. The lowest BCUT2D eigenvalue weighted by Gasteiger charge is -2.28. The molecule has 1 unspecified atom stereocenters. The fourth-order valence-electron chi connectivity index (χ4n) is 5.74. The lowest BCUT2D eigenvalue weighted by molar-refractivity contribution is -0.870. The second-order valence-electron chi connectivity index (χ2n) is 15.4. The molecule has 0 aliphatic heterocycles. The van der Waals surface area contributed by atoms with Gasteiger partial charge in [-0.3, -0.25) is 9.36 Å². The summed E-state index contributed by atoms with van der Waals surface area (Å²) >= 11 is 0. The van der Waals surface area contributed by atoms with E-state index < -0.39 is 32.5 Å². The summed E-state index contributed by atoms with van der Waals surface area (Å²) in [7, 11) is 1.13. The van der Waals surface area contributed by atoms with Crippen LogP contribution in [0.2, 0.25) is 0 Å². The van der Waals surface area contributed by atoms with E-state index in [1.54, 1.807) is 6.08 Å². The van der Waals surface area contributed by atoms with E-state index in [-0.39, 0.29) is 19.6 Å². The summed E-state index contributed by atoms with van der Waals surface area (Å²) in [5.41, 5.74) is 0. The van der Waals surface area contributed by atoms with Crippen molar-refractivity contribution in [2.24, 2.45) is 0 Å². The molecule has 0 aromatic rings.